The molecule has 2 aromatic heterocycles. The molecule has 7 nitrogen and oxygen atoms in total. The van der Waals surface area contributed by atoms with Crippen LogP contribution in [-0.4, -0.2) is 36.5 Å². The summed E-state index contributed by atoms with van der Waals surface area (Å²) in [5.41, 5.74) is 0. The first kappa shape index (κ1) is 15.9. The lowest BCUT2D eigenvalue weighted by molar-refractivity contribution is -0.115. The van der Waals surface area contributed by atoms with Crippen LogP contribution in [0.5, 0.6) is 0 Å². The lowest BCUT2D eigenvalue weighted by Crippen LogP contribution is -2.22. The van der Waals surface area contributed by atoms with Gasteiger partial charge in [-0.3, -0.25) is 15.2 Å². The first-order valence-electron chi connectivity index (χ1n) is 6.77. The highest BCUT2D eigenvalue weighted by atomic mass is 32.2. The lowest BCUT2D eigenvalue weighted by atomic mass is 10.3. The van der Waals surface area contributed by atoms with Crippen molar-refractivity contribution in [3.05, 3.63) is 10.8 Å². The number of aromatic amines is 1. The molecule has 0 aliphatic heterocycles. The SMILES string of the molecule is CCCCc1nnc(NC(=O)[C@H](C)Sc2n[nH]c(C)n2)s1. The summed E-state index contributed by atoms with van der Waals surface area (Å²) < 4.78 is 0. The van der Waals surface area contributed by atoms with E-state index in [0.29, 0.717) is 10.3 Å². The van der Waals surface area contributed by atoms with E-state index in [4.69, 9.17) is 0 Å². The number of rotatable bonds is 7. The minimum absolute atomic E-state index is 0.124. The monoisotopic (exact) mass is 326 g/mol. The van der Waals surface area contributed by atoms with Crippen LogP contribution >= 0.6 is 23.1 Å². The molecule has 0 saturated carbocycles. The van der Waals surface area contributed by atoms with Crippen LogP contribution in [0.15, 0.2) is 5.16 Å². The zero-order valence-electron chi connectivity index (χ0n) is 12.2. The van der Waals surface area contributed by atoms with Crippen LogP contribution in [0.1, 0.15) is 37.5 Å². The Balaban J connectivity index is 1.86. The van der Waals surface area contributed by atoms with E-state index in [2.05, 4.69) is 37.6 Å². The van der Waals surface area contributed by atoms with Gasteiger partial charge in [0.25, 0.3) is 0 Å². The third-order valence-corrected chi connectivity index (χ3v) is 4.53. The number of nitrogens with one attached hydrogen (secondary N) is 2. The minimum Gasteiger partial charge on any atom is -0.300 e. The van der Waals surface area contributed by atoms with Crippen LogP contribution in [0.2, 0.25) is 0 Å². The third kappa shape index (κ3) is 4.78. The molecule has 0 aromatic carbocycles. The first-order chi connectivity index (χ1) is 10.1. The van der Waals surface area contributed by atoms with E-state index >= 15 is 0 Å². The van der Waals surface area contributed by atoms with Gasteiger partial charge in [-0.2, -0.15) is 0 Å². The molecule has 21 heavy (non-hydrogen) atoms. The summed E-state index contributed by atoms with van der Waals surface area (Å²) in [6.45, 7) is 5.76. The van der Waals surface area contributed by atoms with E-state index in [-0.39, 0.29) is 11.2 Å². The fraction of sp³-hybridized carbons (Fsp3) is 0.583. The van der Waals surface area contributed by atoms with Crippen molar-refractivity contribution in [2.24, 2.45) is 0 Å². The molecule has 0 aliphatic rings. The molecule has 0 aliphatic carbocycles. The number of anilines is 1. The number of aromatic nitrogens is 5. The molecule has 0 unspecified atom stereocenters. The van der Waals surface area contributed by atoms with Gasteiger partial charge in [0.15, 0.2) is 0 Å². The Morgan fingerprint density at radius 1 is 1.48 bits per heavy atom. The van der Waals surface area contributed by atoms with Crippen molar-refractivity contribution in [2.75, 3.05) is 5.32 Å². The summed E-state index contributed by atoms with van der Waals surface area (Å²) in [4.78, 5) is 16.3. The van der Waals surface area contributed by atoms with Gasteiger partial charge in [-0.25, -0.2) is 4.98 Å². The maximum absolute atomic E-state index is 12.1. The van der Waals surface area contributed by atoms with Gasteiger partial charge in [0, 0.05) is 6.42 Å². The number of H-pyrrole nitrogens is 1. The smallest absolute Gasteiger partial charge is 0.239 e. The molecule has 2 aromatic rings. The summed E-state index contributed by atoms with van der Waals surface area (Å²) in [5, 5.41) is 19.4. The van der Waals surface area contributed by atoms with E-state index in [1.807, 2.05) is 13.8 Å². The van der Waals surface area contributed by atoms with Gasteiger partial charge in [0.1, 0.15) is 10.8 Å². The number of carbonyl (C=O) groups is 1. The molecule has 0 radical (unpaired) electrons. The predicted molar refractivity (Wildman–Crippen MR) is 83.6 cm³/mol. The van der Waals surface area contributed by atoms with E-state index in [1.54, 1.807) is 0 Å². The normalized spacial score (nSPS) is 12.3. The summed E-state index contributed by atoms with van der Waals surface area (Å²) in [5.74, 6) is 0.607. The molecule has 2 heterocycles. The van der Waals surface area contributed by atoms with Gasteiger partial charge in [-0.05, 0) is 20.3 Å². The predicted octanol–water partition coefficient (Wildman–Crippen LogP) is 2.43. The topological polar surface area (TPSA) is 96.5 Å². The molecule has 114 valence electrons. The fourth-order valence-electron chi connectivity index (χ4n) is 1.53. The standard InChI is InChI=1S/C12H18N6OS2/c1-4-5-6-9-16-18-12(21-9)14-10(19)7(2)20-11-13-8(3)15-17-11/h7H,4-6H2,1-3H3,(H,13,15,17)(H,14,18,19)/t7-/m0/s1. The number of hydrogen-bond acceptors (Lipinski definition) is 7. The molecule has 1 atom stereocenters. The second-order valence-electron chi connectivity index (χ2n) is 4.56. The highest BCUT2D eigenvalue weighted by Gasteiger charge is 2.18. The van der Waals surface area contributed by atoms with Crippen molar-refractivity contribution in [2.45, 2.75) is 50.4 Å². The Bertz CT molecular complexity index is 596. The van der Waals surface area contributed by atoms with Crippen LogP contribution in [0.4, 0.5) is 5.13 Å². The average molecular weight is 326 g/mol. The quantitative estimate of drug-likeness (QED) is 0.759. The minimum atomic E-state index is -0.303. The highest BCUT2D eigenvalue weighted by molar-refractivity contribution is 8.00. The van der Waals surface area contributed by atoms with Gasteiger partial charge in [-0.15, -0.1) is 15.3 Å². The molecule has 0 fully saturated rings. The summed E-state index contributed by atoms with van der Waals surface area (Å²) >= 11 is 2.73. The maximum atomic E-state index is 12.1. The molecule has 1 amide bonds. The summed E-state index contributed by atoms with van der Waals surface area (Å²) in [6, 6.07) is 0. The number of thioether (sulfide) groups is 1. The van der Waals surface area contributed by atoms with Crippen molar-refractivity contribution in [1.29, 1.82) is 0 Å². The Kier molecular flexibility index (Phi) is 5.68. The third-order valence-electron chi connectivity index (χ3n) is 2.67. The number of hydrogen-bond donors (Lipinski definition) is 2. The Hall–Kier alpha value is -1.48. The van der Waals surface area contributed by atoms with Crippen molar-refractivity contribution >= 4 is 34.1 Å². The molecule has 2 rings (SSSR count). The van der Waals surface area contributed by atoms with Crippen molar-refractivity contribution < 1.29 is 4.79 Å². The zero-order valence-corrected chi connectivity index (χ0v) is 13.8. The number of amides is 1. The van der Waals surface area contributed by atoms with Crippen LogP contribution in [0.3, 0.4) is 0 Å². The van der Waals surface area contributed by atoms with Gasteiger partial charge in [-0.1, -0.05) is 36.4 Å². The van der Waals surface area contributed by atoms with Gasteiger partial charge >= 0.3 is 0 Å². The van der Waals surface area contributed by atoms with E-state index in [9.17, 15) is 4.79 Å². The van der Waals surface area contributed by atoms with Gasteiger partial charge < -0.3 is 0 Å². The van der Waals surface area contributed by atoms with Crippen LogP contribution in [0, 0.1) is 6.92 Å². The van der Waals surface area contributed by atoms with Crippen molar-refractivity contribution in [3.63, 3.8) is 0 Å². The van der Waals surface area contributed by atoms with Crippen LogP contribution in [0.25, 0.3) is 0 Å². The average Bonchev–Trinajstić information content (AvgIpc) is 3.05. The second kappa shape index (κ2) is 7.51. The van der Waals surface area contributed by atoms with Gasteiger partial charge in [0.2, 0.25) is 16.2 Å². The molecular formula is C12H18N6OS2. The first-order valence-corrected chi connectivity index (χ1v) is 8.47. The van der Waals surface area contributed by atoms with Crippen LogP contribution < -0.4 is 5.32 Å². The van der Waals surface area contributed by atoms with Crippen LogP contribution in [-0.2, 0) is 11.2 Å². The Morgan fingerprint density at radius 3 is 2.95 bits per heavy atom. The highest BCUT2D eigenvalue weighted by Crippen LogP contribution is 2.22. The largest absolute Gasteiger partial charge is 0.300 e. The van der Waals surface area contributed by atoms with E-state index in [1.165, 1.54) is 23.1 Å². The number of aryl methyl sites for hydroxylation is 2. The fourth-order valence-corrected chi connectivity index (χ4v) is 3.08. The number of nitrogens with zero attached hydrogens (tertiary/aromatic N) is 4. The lowest BCUT2D eigenvalue weighted by Gasteiger charge is -2.07. The number of unbranched alkanes of at least 4 members (excludes halogenated alkanes) is 1. The molecule has 9 heteroatoms. The molecule has 0 bridgehead atoms. The summed E-state index contributed by atoms with van der Waals surface area (Å²) in [7, 11) is 0. The molecule has 0 saturated heterocycles. The molecule has 0 spiro atoms. The maximum Gasteiger partial charge on any atom is 0.239 e. The summed E-state index contributed by atoms with van der Waals surface area (Å²) in [6.07, 6.45) is 3.11. The zero-order chi connectivity index (χ0) is 15.2. The van der Waals surface area contributed by atoms with Crippen molar-refractivity contribution in [1.82, 2.24) is 25.4 Å². The second-order valence-corrected chi connectivity index (χ2v) is 6.93. The molecule has 2 N–H and O–H groups in total. The Labute approximate surface area is 131 Å². The molecular weight excluding hydrogens is 308 g/mol. The van der Waals surface area contributed by atoms with E-state index in [0.717, 1.165) is 30.1 Å². The van der Waals surface area contributed by atoms with Crippen molar-refractivity contribution in [3.8, 4) is 0 Å². The Morgan fingerprint density at radius 2 is 2.29 bits per heavy atom. The number of carbonyl (C=O) groups excluding carboxylic acids is 1. The van der Waals surface area contributed by atoms with E-state index < -0.39 is 0 Å². The van der Waals surface area contributed by atoms with Gasteiger partial charge in [0.05, 0.1) is 5.25 Å².